The van der Waals surface area contributed by atoms with Crippen LogP contribution in [0, 0.1) is 0 Å². The monoisotopic (exact) mass is 432 g/mol. The highest BCUT2D eigenvalue weighted by atomic mass is 19.4. The fourth-order valence-electron chi connectivity index (χ4n) is 2.98. The molecule has 0 bridgehead atoms. The van der Waals surface area contributed by atoms with E-state index in [0.29, 0.717) is 0 Å². The van der Waals surface area contributed by atoms with E-state index >= 15 is 0 Å². The van der Waals surface area contributed by atoms with Crippen molar-refractivity contribution < 1.29 is 35.9 Å². The average Bonchev–Trinajstić information content (AvgIpc) is 2.64. The molecule has 1 aromatic carbocycles. The van der Waals surface area contributed by atoms with Gasteiger partial charge in [-0.2, -0.15) is 26.3 Å². The lowest BCUT2D eigenvalue weighted by atomic mass is 9.86. The van der Waals surface area contributed by atoms with Crippen LogP contribution in [0.1, 0.15) is 48.6 Å². The summed E-state index contributed by atoms with van der Waals surface area (Å²) in [6.07, 6.45) is -8.78. The van der Waals surface area contributed by atoms with Gasteiger partial charge in [0.05, 0.1) is 22.9 Å². The van der Waals surface area contributed by atoms with E-state index < -0.39 is 59.2 Å². The first-order valence-electron chi connectivity index (χ1n) is 8.79. The van der Waals surface area contributed by atoms with Crippen LogP contribution in [0.25, 0.3) is 0 Å². The van der Waals surface area contributed by atoms with Crippen molar-refractivity contribution in [3.05, 3.63) is 65.0 Å². The zero-order valence-electron chi connectivity index (χ0n) is 15.9. The van der Waals surface area contributed by atoms with Gasteiger partial charge < -0.3 is 5.32 Å². The Morgan fingerprint density at radius 1 is 1.00 bits per heavy atom. The number of ketones is 1. The van der Waals surface area contributed by atoms with Gasteiger partial charge in [0, 0.05) is 25.5 Å². The summed E-state index contributed by atoms with van der Waals surface area (Å²) in [7, 11) is 0. The maximum atomic E-state index is 13.5. The summed E-state index contributed by atoms with van der Waals surface area (Å²) in [5.74, 6) is -2.35. The quantitative estimate of drug-likeness (QED) is 0.672. The molecule has 1 amide bonds. The highest BCUT2D eigenvalue weighted by Crippen LogP contribution is 2.39. The molecule has 1 heterocycles. The molecule has 1 aromatic heterocycles. The summed E-state index contributed by atoms with van der Waals surface area (Å²) in [6.45, 7) is 2.55. The molecule has 162 valence electrons. The molecule has 2 atom stereocenters. The third-order valence-corrected chi connectivity index (χ3v) is 4.42. The largest absolute Gasteiger partial charge is 0.418 e. The molecular formula is C20H18F6N2O2. The summed E-state index contributed by atoms with van der Waals surface area (Å²) < 4.78 is 79.0. The lowest BCUT2D eigenvalue weighted by molar-refractivity contribution is -0.139. The van der Waals surface area contributed by atoms with E-state index in [1.807, 2.05) is 0 Å². The van der Waals surface area contributed by atoms with Crippen molar-refractivity contribution >= 4 is 11.7 Å². The molecule has 0 saturated heterocycles. The number of aromatic nitrogens is 1. The minimum atomic E-state index is -4.78. The first-order valence-corrected chi connectivity index (χ1v) is 8.79. The number of pyridine rings is 1. The van der Waals surface area contributed by atoms with E-state index in [1.165, 1.54) is 13.8 Å². The number of carbonyl (C=O) groups excluding carboxylic acids is 2. The fraction of sp³-hybridized carbons (Fsp3) is 0.350. The molecule has 10 heteroatoms. The first-order chi connectivity index (χ1) is 13.8. The Morgan fingerprint density at radius 2 is 1.60 bits per heavy atom. The van der Waals surface area contributed by atoms with E-state index in [0.717, 1.165) is 42.6 Å². The van der Waals surface area contributed by atoms with Crippen LogP contribution in [0.15, 0.2) is 42.6 Å². The van der Waals surface area contributed by atoms with Crippen LogP contribution in [0.5, 0.6) is 0 Å². The second kappa shape index (κ2) is 8.85. The second-order valence-electron chi connectivity index (χ2n) is 6.70. The highest BCUT2D eigenvalue weighted by molar-refractivity contribution is 5.88. The third kappa shape index (κ3) is 5.80. The van der Waals surface area contributed by atoms with Crippen LogP contribution in [-0.2, 0) is 21.9 Å². The number of nitrogens with zero attached hydrogens (tertiary/aromatic N) is 1. The zero-order chi connectivity index (χ0) is 22.7. The zero-order valence-corrected chi connectivity index (χ0v) is 15.9. The van der Waals surface area contributed by atoms with Crippen molar-refractivity contribution in [3.63, 3.8) is 0 Å². The van der Waals surface area contributed by atoms with Crippen LogP contribution in [0.3, 0.4) is 0 Å². The lowest BCUT2D eigenvalue weighted by Gasteiger charge is -2.22. The van der Waals surface area contributed by atoms with Crippen molar-refractivity contribution in [1.82, 2.24) is 10.3 Å². The van der Waals surface area contributed by atoms with Gasteiger partial charge in [-0.25, -0.2) is 0 Å². The Hall–Kier alpha value is -2.91. The van der Waals surface area contributed by atoms with Gasteiger partial charge in [0.2, 0.25) is 5.91 Å². The molecule has 2 aromatic rings. The summed E-state index contributed by atoms with van der Waals surface area (Å²) >= 11 is 0. The van der Waals surface area contributed by atoms with E-state index in [9.17, 15) is 35.9 Å². The van der Waals surface area contributed by atoms with Gasteiger partial charge in [-0.1, -0.05) is 12.1 Å². The summed E-state index contributed by atoms with van der Waals surface area (Å²) in [4.78, 5) is 27.5. The Bertz CT molecular complexity index is 907. The minimum absolute atomic E-state index is 0.0653. The molecule has 0 radical (unpaired) electrons. The molecule has 1 unspecified atom stereocenters. The van der Waals surface area contributed by atoms with Gasteiger partial charge in [-0.3, -0.25) is 14.6 Å². The molecular weight excluding hydrogens is 414 g/mol. The number of halogens is 6. The number of hydrogen-bond donors (Lipinski definition) is 1. The number of hydrogen-bond acceptors (Lipinski definition) is 3. The van der Waals surface area contributed by atoms with Crippen LogP contribution >= 0.6 is 0 Å². The topological polar surface area (TPSA) is 59.1 Å². The van der Waals surface area contributed by atoms with Gasteiger partial charge in [-0.05, 0) is 36.8 Å². The van der Waals surface area contributed by atoms with Crippen molar-refractivity contribution in [1.29, 1.82) is 0 Å². The van der Waals surface area contributed by atoms with Gasteiger partial charge in [-0.15, -0.1) is 0 Å². The van der Waals surface area contributed by atoms with Gasteiger partial charge in [0.1, 0.15) is 0 Å². The van der Waals surface area contributed by atoms with Crippen molar-refractivity contribution in [2.24, 2.45) is 0 Å². The maximum absolute atomic E-state index is 13.5. The molecule has 0 saturated carbocycles. The number of nitrogens with one attached hydrogen (secondary N) is 1. The van der Waals surface area contributed by atoms with Gasteiger partial charge in [0.25, 0.3) is 0 Å². The Morgan fingerprint density at radius 3 is 2.10 bits per heavy atom. The normalized spacial score (nSPS) is 14.1. The van der Waals surface area contributed by atoms with Crippen molar-refractivity contribution in [3.8, 4) is 0 Å². The molecule has 30 heavy (non-hydrogen) atoms. The Labute approximate surface area is 168 Å². The molecule has 0 aliphatic carbocycles. The Balaban J connectivity index is 2.52. The van der Waals surface area contributed by atoms with Gasteiger partial charge in [0.15, 0.2) is 5.78 Å². The third-order valence-electron chi connectivity index (χ3n) is 4.42. The predicted molar refractivity (Wildman–Crippen MR) is 95.4 cm³/mol. The van der Waals surface area contributed by atoms with Crippen LogP contribution in [-0.4, -0.2) is 22.7 Å². The van der Waals surface area contributed by atoms with E-state index in [2.05, 4.69) is 10.3 Å². The van der Waals surface area contributed by atoms with E-state index in [-0.39, 0.29) is 5.56 Å². The molecule has 1 N–H and O–H groups in total. The highest BCUT2D eigenvalue weighted by Gasteiger charge is 2.37. The summed E-state index contributed by atoms with van der Waals surface area (Å²) in [6, 6.07) is 4.41. The first kappa shape index (κ1) is 23.4. The molecule has 0 spiro atoms. The Kier molecular flexibility index (Phi) is 6.89. The van der Waals surface area contributed by atoms with E-state index in [4.69, 9.17) is 0 Å². The predicted octanol–water partition coefficient (Wildman–Crippen LogP) is 4.73. The molecule has 0 aliphatic heterocycles. The number of amides is 1. The number of carbonyl (C=O) groups is 2. The molecule has 2 rings (SSSR count). The minimum Gasteiger partial charge on any atom is -0.347 e. The van der Waals surface area contributed by atoms with Gasteiger partial charge >= 0.3 is 12.4 Å². The number of rotatable bonds is 6. The summed E-state index contributed by atoms with van der Waals surface area (Å²) in [5, 5.41) is 2.34. The molecule has 0 fully saturated rings. The number of benzene rings is 1. The SMILES string of the molecule is CC(=O)NC(C)C(=O)C[C@@H](c1ccc(C(F)(F)F)cc1)c1ncccc1C(F)(F)F. The van der Waals surface area contributed by atoms with E-state index in [1.54, 1.807) is 0 Å². The lowest BCUT2D eigenvalue weighted by Crippen LogP contribution is -2.37. The smallest absolute Gasteiger partial charge is 0.347 e. The van der Waals surface area contributed by atoms with Crippen LogP contribution in [0.2, 0.25) is 0 Å². The standard InChI is InChI=1S/C20H18F6N2O2/c1-11(28-12(2)29)17(30)10-15(13-5-7-14(8-6-13)19(21,22)23)18-16(20(24,25)26)4-3-9-27-18/h3-9,11,15H,10H2,1-2H3,(H,28,29)/t11?,15-/m0/s1. The van der Waals surface area contributed by atoms with Crippen LogP contribution < -0.4 is 5.32 Å². The second-order valence-corrected chi connectivity index (χ2v) is 6.70. The number of Topliss-reactive ketones (excluding diaryl/α,β-unsaturated/α-hetero) is 1. The molecule has 4 nitrogen and oxygen atoms in total. The van der Waals surface area contributed by atoms with Crippen LogP contribution in [0.4, 0.5) is 26.3 Å². The molecule has 0 aliphatic rings. The average molecular weight is 432 g/mol. The maximum Gasteiger partial charge on any atom is 0.418 e. The van der Waals surface area contributed by atoms with Crippen molar-refractivity contribution in [2.75, 3.05) is 0 Å². The van der Waals surface area contributed by atoms with Crippen molar-refractivity contribution in [2.45, 2.75) is 44.6 Å². The fourth-order valence-corrected chi connectivity index (χ4v) is 2.98. The number of alkyl halides is 6. The summed E-state index contributed by atoms with van der Waals surface area (Å²) in [5.41, 5.74) is -2.47.